The molecule has 0 saturated heterocycles. The first-order valence-corrected chi connectivity index (χ1v) is 3.98. The van der Waals surface area contributed by atoms with Crippen molar-refractivity contribution in [2.24, 2.45) is 0 Å². The molecular weight excluding hydrogens is 146 g/mol. The van der Waals surface area contributed by atoms with E-state index in [2.05, 4.69) is 4.98 Å². The summed E-state index contributed by atoms with van der Waals surface area (Å²) in [5, 5.41) is 0. The van der Waals surface area contributed by atoms with E-state index in [0.29, 0.717) is 5.69 Å². The molecule has 0 aromatic carbocycles. The Morgan fingerprint density at radius 1 is 1.70 bits per heavy atom. The van der Waals surface area contributed by atoms with E-state index >= 15 is 0 Å². The van der Waals surface area contributed by atoms with Gasteiger partial charge in [-0.1, -0.05) is 0 Å². The molecule has 1 aromatic heterocycles. The Kier molecular flexibility index (Phi) is 2.45. The lowest BCUT2D eigenvalue weighted by molar-refractivity contribution is 0.560. The van der Waals surface area contributed by atoms with Crippen molar-refractivity contribution in [2.75, 3.05) is 6.26 Å². The number of rotatable bonds is 2. The van der Waals surface area contributed by atoms with Crippen molar-refractivity contribution < 1.29 is 4.79 Å². The number of hydrogen-bond donors (Lipinski definition) is 0. The van der Waals surface area contributed by atoms with Gasteiger partial charge in [-0.05, 0) is 18.4 Å². The van der Waals surface area contributed by atoms with E-state index in [4.69, 9.17) is 0 Å². The predicted octanol–water partition coefficient (Wildman–Crippen LogP) is 1.26. The van der Waals surface area contributed by atoms with Crippen LogP contribution in [0.1, 0.15) is 5.69 Å². The van der Waals surface area contributed by atoms with E-state index in [1.54, 1.807) is 18.5 Å². The molecule has 1 heterocycles. The van der Waals surface area contributed by atoms with Gasteiger partial charge in [0.1, 0.15) is 5.69 Å². The Balaban J connectivity index is 3.08. The van der Waals surface area contributed by atoms with Crippen molar-refractivity contribution >= 4 is 18.0 Å². The maximum absolute atomic E-state index is 10.2. The van der Waals surface area contributed by atoms with Crippen molar-refractivity contribution in [1.82, 2.24) is 4.98 Å². The molecule has 3 heteroatoms. The van der Waals surface area contributed by atoms with E-state index in [1.165, 1.54) is 11.8 Å². The van der Waals surface area contributed by atoms with Crippen LogP contribution in [0, 0.1) is 0 Å². The fourth-order valence-electron chi connectivity index (χ4n) is 0.632. The van der Waals surface area contributed by atoms with Crippen LogP contribution < -0.4 is 0 Å². The van der Waals surface area contributed by atoms with E-state index in [9.17, 15) is 4.79 Å². The summed E-state index contributed by atoms with van der Waals surface area (Å²) in [6, 6.07) is 3.64. The van der Waals surface area contributed by atoms with Crippen LogP contribution in [0.2, 0.25) is 0 Å². The molecule has 2 nitrogen and oxygen atoms in total. The zero-order valence-electron chi connectivity index (χ0n) is 5.50. The molecule has 0 saturated carbocycles. The molecule has 0 aliphatic carbocycles. The molecule has 0 bridgehead atoms. The maximum Gasteiger partial charge on any atom is 0.254 e. The lowest BCUT2D eigenvalue weighted by Gasteiger charge is -1.95. The Bertz CT molecular complexity index is 237. The summed E-state index contributed by atoms with van der Waals surface area (Å²) in [4.78, 5) is 14.9. The van der Waals surface area contributed by atoms with Crippen molar-refractivity contribution in [2.45, 2.75) is 4.90 Å². The number of thioether (sulfide) groups is 1. The highest BCUT2D eigenvalue weighted by Crippen LogP contribution is 2.15. The molecule has 0 aliphatic heterocycles. The Morgan fingerprint density at radius 3 is 3.00 bits per heavy atom. The van der Waals surface area contributed by atoms with Gasteiger partial charge in [0.25, 0.3) is 6.29 Å². The minimum atomic E-state index is 0.398. The molecule has 0 spiro atoms. The van der Waals surface area contributed by atoms with Crippen LogP contribution in [-0.2, 0) is 4.79 Å². The molecular formula is C7H6NOS. The molecule has 0 atom stereocenters. The summed E-state index contributed by atoms with van der Waals surface area (Å²) in [7, 11) is 0. The number of hydrogen-bond acceptors (Lipinski definition) is 3. The normalized spacial score (nSPS) is 9.30. The summed E-state index contributed by atoms with van der Waals surface area (Å²) in [5.74, 6) is 0. The zero-order chi connectivity index (χ0) is 7.40. The summed E-state index contributed by atoms with van der Waals surface area (Å²) in [6.07, 6.45) is 5.25. The summed E-state index contributed by atoms with van der Waals surface area (Å²) >= 11 is 1.50. The van der Waals surface area contributed by atoms with Gasteiger partial charge in [-0.15, -0.1) is 11.8 Å². The van der Waals surface area contributed by atoms with Gasteiger partial charge < -0.3 is 0 Å². The molecule has 0 amide bonds. The second-order valence-corrected chi connectivity index (χ2v) is 2.50. The molecule has 51 valence electrons. The topological polar surface area (TPSA) is 30.0 Å². The third-order valence-corrected chi connectivity index (χ3v) is 1.86. The zero-order valence-corrected chi connectivity index (χ0v) is 6.31. The van der Waals surface area contributed by atoms with Crippen LogP contribution in [0.5, 0.6) is 0 Å². The van der Waals surface area contributed by atoms with Gasteiger partial charge in [-0.25, -0.2) is 0 Å². The highest BCUT2D eigenvalue weighted by molar-refractivity contribution is 7.98. The van der Waals surface area contributed by atoms with E-state index < -0.39 is 0 Å². The second-order valence-electron chi connectivity index (χ2n) is 1.66. The van der Waals surface area contributed by atoms with Gasteiger partial charge in [0, 0.05) is 11.1 Å². The number of nitrogens with zero attached hydrogens (tertiary/aromatic N) is 1. The Hall–Kier alpha value is -0.830. The van der Waals surface area contributed by atoms with Gasteiger partial charge in [0.15, 0.2) is 0 Å². The van der Waals surface area contributed by atoms with Crippen LogP contribution in [0.15, 0.2) is 23.2 Å². The van der Waals surface area contributed by atoms with Crippen LogP contribution >= 0.6 is 11.8 Å². The number of aromatic nitrogens is 1. The van der Waals surface area contributed by atoms with Crippen molar-refractivity contribution in [1.29, 1.82) is 0 Å². The fraction of sp³-hybridized carbons (Fsp3) is 0.143. The van der Waals surface area contributed by atoms with E-state index in [-0.39, 0.29) is 0 Å². The average molecular weight is 152 g/mol. The smallest absolute Gasteiger partial charge is 0.254 e. The molecule has 10 heavy (non-hydrogen) atoms. The average Bonchev–Trinajstić information content (AvgIpc) is 2.04. The maximum atomic E-state index is 10.2. The quantitative estimate of drug-likeness (QED) is 0.597. The first kappa shape index (κ1) is 7.28. The van der Waals surface area contributed by atoms with Gasteiger partial charge in [0.05, 0.1) is 0 Å². The van der Waals surface area contributed by atoms with Gasteiger partial charge >= 0.3 is 0 Å². The minimum absolute atomic E-state index is 0.398. The summed E-state index contributed by atoms with van der Waals surface area (Å²) in [6.45, 7) is 0. The van der Waals surface area contributed by atoms with E-state index in [0.717, 1.165) is 4.90 Å². The number of pyridine rings is 1. The monoisotopic (exact) mass is 152 g/mol. The van der Waals surface area contributed by atoms with Crippen molar-refractivity contribution in [3.63, 3.8) is 0 Å². The SMILES string of the molecule is CSc1cccnc1[C]=O. The Morgan fingerprint density at radius 2 is 2.50 bits per heavy atom. The molecule has 0 fully saturated rings. The fourth-order valence-corrected chi connectivity index (χ4v) is 1.13. The van der Waals surface area contributed by atoms with Crippen LogP contribution in [-0.4, -0.2) is 17.5 Å². The van der Waals surface area contributed by atoms with Crippen molar-refractivity contribution in [3.05, 3.63) is 24.0 Å². The molecule has 0 N–H and O–H groups in total. The van der Waals surface area contributed by atoms with Crippen LogP contribution in [0.25, 0.3) is 0 Å². The number of carbonyl (C=O) groups excluding carboxylic acids is 1. The molecule has 1 radical (unpaired) electrons. The first-order valence-electron chi connectivity index (χ1n) is 2.75. The van der Waals surface area contributed by atoms with Crippen LogP contribution in [0.3, 0.4) is 0 Å². The third kappa shape index (κ3) is 1.36. The lowest BCUT2D eigenvalue weighted by Crippen LogP contribution is -1.88. The van der Waals surface area contributed by atoms with Gasteiger partial charge in [-0.3, -0.25) is 9.78 Å². The van der Waals surface area contributed by atoms with Gasteiger partial charge in [-0.2, -0.15) is 0 Å². The lowest BCUT2D eigenvalue weighted by atomic mass is 10.4. The highest BCUT2D eigenvalue weighted by atomic mass is 32.2. The van der Waals surface area contributed by atoms with Gasteiger partial charge in [0.2, 0.25) is 0 Å². The molecule has 0 unspecified atom stereocenters. The third-order valence-electron chi connectivity index (χ3n) is 1.09. The van der Waals surface area contributed by atoms with Crippen LogP contribution in [0.4, 0.5) is 0 Å². The first-order chi connectivity index (χ1) is 4.88. The Labute approximate surface area is 63.7 Å². The molecule has 1 rings (SSSR count). The largest absolute Gasteiger partial charge is 0.283 e. The predicted molar refractivity (Wildman–Crippen MR) is 40.8 cm³/mol. The summed E-state index contributed by atoms with van der Waals surface area (Å²) < 4.78 is 0. The van der Waals surface area contributed by atoms with E-state index in [1.807, 2.05) is 12.3 Å². The molecule has 1 aromatic rings. The van der Waals surface area contributed by atoms with Crippen molar-refractivity contribution in [3.8, 4) is 0 Å². The standard InChI is InChI=1S/C7H6NOS/c1-10-7-3-2-4-8-6(7)5-9/h2-4H,1H3. The summed E-state index contributed by atoms with van der Waals surface area (Å²) in [5.41, 5.74) is 0.398. The highest BCUT2D eigenvalue weighted by Gasteiger charge is 1.98. The second kappa shape index (κ2) is 3.37. The molecule has 0 aliphatic rings. The minimum Gasteiger partial charge on any atom is -0.283 e.